The lowest BCUT2D eigenvalue weighted by Gasteiger charge is -2.62. The molecule has 3 aliphatic heterocycles. The van der Waals surface area contributed by atoms with Crippen LogP contribution in [0.2, 0.25) is 0 Å². The molecule has 0 radical (unpaired) electrons. The molecule has 4 aliphatic carbocycles. The first-order valence-corrected chi connectivity index (χ1v) is 24.7. The van der Waals surface area contributed by atoms with E-state index in [4.69, 9.17) is 28.4 Å². The van der Waals surface area contributed by atoms with Crippen molar-refractivity contribution in [3.63, 3.8) is 0 Å². The molecule has 0 aromatic carbocycles. The van der Waals surface area contributed by atoms with E-state index < -0.39 is 121 Å². The molecule has 0 unspecified atom stereocenters. The van der Waals surface area contributed by atoms with Gasteiger partial charge in [-0.1, -0.05) is 78.7 Å². The molecule has 0 aromatic rings. The molecule has 9 N–H and O–H groups in total. The highest BCUT2D eigenvalue weighted by atomic mass is 16.8. The van der Waals surface area contributed by atoms with Gasteiger partial charge in [0, 0.05) is 6.92 Å². The van der Waals surface area contributed by atoms with Crippen LogP contribution in [-0.4, -0.2) is 159 Å². The molecule has 1 amide bonds. The summed E-state index contributed by atoms with van der Waals surface area (Å²) in [4.78, 5) is 26.3. The number of fused-ring (bicyclic) bond motifs is 4. The van der Waals surface area contributed by atoms with E-state index in [1.807, 2.05) is 0 Å². The Kier molecular flexibility index (Phi) is 15.3. The van der Waals surface area contributed by atoms with Gasteiger partial charge in [0.15, 0.2) is 18.9 Å². The number of allylic oxidation sites excluding steroid dienone is 2. The zero-order chi connectivity index (χ0) is 49.3. The maximum Gasteiger partial charge on any atom is 0.314 e. The van der Waals surface area contributed by atoms with Gasteiger partial charge in [0.05, 0.1) is 31.3 Å². The average molecular weight is 952 g/mol. The Bertz CT molecular complexity index is 1850. The number of hydrogen-bond donors (Lipinski definition) is 9. The van der Waals surface area contributed by atoms with Crippen LogP contribution in [0.25, 0.3) is 0 Å². The molecule has 17 heteroatoms. The van der Waals surface area contributed by atoms with Crippen molar-refractivity contribution < 1.29 is 78.9 Å². The van der Waals surface area contributed by atoms with Gasteiger partial charge in [-0.15, -0.1) is 0 Å². The molecule has 0 aromatic heterocycles. The number of carboxylic acids is 1. The van der Waals surface area contributed by atoms with Crippen molar-refractivity contribution in [2.24, 2.45) is 44.8 Å². The van der Waals surface area contributed by atoms with Crippen molar-refractivity contribution in [2.45, 2.75) is 212 Å². The second-order valence-electron chi connectivity index (χ2n) is 23.2. The van der Waals surface area contributed by atoms with Crippen LogP contribution < -0.4 is 5.32 Å². The molecule has 3 saturated heterocycles. The Labute approximate surface area is 395 Å². The summed E-state index contributed by atoms with van der Waals surface area (Å²) in [6.45, 7) is 21.9. The van der Waals surface area contributed by atoms with Gasteiger partial charge in [0.2, 0.25) is 5.91 Å². The Morgan fingerprint density at radius 3 is 2.10 bits per heavy atom. The summed E-state index contributed by atoms with van der Waals surface area (Å²) in [5.74, 6) is -0.605. The van der Waals surface area contributed by atoms with E-state index in [0.717, 1.165) is 44.1 Å². The van der Waals surface area contributed by atoms with Gasteiger partial charge in [-0.25, -0.2) is 0 Å². The zero-order valence-corrected chi connectivity index (χ0v) is 41.1. The molecule has 3 heterocycles. The number of aliphatic hydroxyl groups excluding tert-OH is 7. The van der Waals surface area contributed by atoms with E-state index in [1.165, 1.54) is 18.1 Å². The maximum atomic E-state index is 14.0. The second-order valence-corrected chi connectivity index (χ2v) is 23.2. The summed E-state index contributed by atoms with van der Waals surface area (Å²) in [5, 5.41) is 89.0. The number of rotatable bonds is 13. The lowest BCUT2D eigenvalue weighted by Crippen LogP contribution is -2.68. The number of carboxylic acid groups (broad SMARTS) is 1. The zero-order valence-electron chi connectivity index (χ0n) is 41.1. The Morgan fingerprint density at radius 1 is 0.806 bits per heavy atom. The first-order chi connectivity index (χ1) is 31.2. The van der Waals surface area contributed by atoms with Crippen molar-refractivity contribution in [1.29, 1.82) is 0 Å². The van der Waals surface area contributed by atoms with E-state index >= 15 is 0 Å². The number of amides is 1. The van der Waals surface area contributed by atoms with Crippen LogP contribution in [0.4, 0.5) is 0 Å². The monoisotopic (exact) mass is 952 g/mol. The molecule has 17 nitrogen and oxygen atoms in total. The normalized spacial score (nSPS) is 45.9. The van der Waals surface area contributed by atoms with Gasteiger partial charge in [-0.2, -0.15) is 0 Å². The molecule has 67 heavy (non-hydrogen) atoms. The summed E-state index contributed by atoms with van der Waals surface area (Å²) >= 11 is 0. The molecule has 7 aliphatic rings. The van der Waals surface area contributed by atoms with Crippen LogP contribution >= 0.6 is 0 Å². The fraction of sp³-hybridized carbons (Fsp3) is 0.880. The van der Waals surface area contributed by atoms with Gasteiger partial charge in [-0.3, -0.25) is 9.59 Å². The Balaban J connectivity index is 1.17. The number of aliphatic hydroxyl groups is 7. The van der Waals surface area contributed by atoms with Gasteiger partial charge >= 0.3 is 5.97 Å². The number of carbonyl (C=O) groups is 2. The molecular weight excluding hydrogens is 871 g/mol. The molecule has 20 atom stereocenters. The van der Waals surface area contributed by atoms with E-state index in [1.54, 1.807) is 0 Å². The van der Waals surface area contributed by atoms with Crippen molar-refractivity contribution in [3.8, 4) is 0 Å². The molecule has 0 spiro atoms. The third-order valence-electron chi connectivity index (χ3n) is 18.2. The first kappa shape index (κ1) is 52.7. The van der Waals surface area contributed by atoms with Crippen LogP contribution in [0.5, 0.6) is 0 Å². The van der Waals surface area contributed by atoms with Crippen LogP contribution in [-0.2, 0) is 38.0 Å². The SMILES string of the molecule is C=C(CC[C@@H](C)[C@H]1CC[C@@]2(C(=O)O)C3=C(CC[C@]12C)[C@@]1(C)CC[C@H](O[C@@H]2OC[C@H](O)[C@H](O[C@@H]4OC[C@H](O)[C@H](O)[C@H]4O)[C@H]2O[C@@H]2O[C@H](CO)[C@@H](O)[C@H](O)[C@H]2NC(C)=O)C(C)(C)[C@@H]1CC3)C(C)(C)C. The smallest absolute Gasteiger partial charge is 0.314 e. The van der Waals surface area contributed by atoms with Crippen LogP contribution in [0.3, 0.4) is 0 Å². The predicted octanol–water partition coefficient (Wildman–Crippen LogP) is 3.07. The van der Waals surface area contributed by atoms with Gasteiger partial charge in [0.1, 0.15) is 61.0 Å². The summed E-state index contributed by atoms with van der Waals surface area (Å²) < 4.78 is 37.4. The van der Waals surface area contributed by atoms with Crippen LogP contribution in [0, 0.1) is 44.8 Å². The summed E-state index contributed by atoms with van der Waals surface area (Å²) in [6.07, 6.45) is -10.9. The molecule has 0 bridgehead atoms. The molecule has 382 valence electrons. The quantitative estimate of drug-likeness (QED) is 0.120. The van der Waals surface area contributed by atoms with Crippen molar-refractivity contribution in [2.75, 3.05) is 19.8 Å². The molecule has 2 saturated carbocycles. The van der Waals surface area contributed by atoms with E-state index in [-0.39, 0.29) is 35.9 Å². The summed E-state index contributed by atoms with van der Waals surface area (Å²) in [5.41, 5.74) is 1.47. The maximum absolute atomic E-state index is 14.0. The number of hydrogen-bond acceptors (Lipinski definition) is 15. The lowest BCUT2D eigenvalue weighted by atomic mass is 9.43. The van der Waals surface area contributed by atoms with Gasteiger partial charge in [-0.05, 0) is 104 Å². The van der Waals surface area contributed by atoms with E-state index in [2.05, 4.69) is 67.3 Å². The minimum absolute atomic E-state index is 0.0212. The number of ether oxygens (including phenoxy) is 6. The number of nitrogens with one attached hydrogen (secondary N) is 1. The topological polar surface area (TPSA) is 263 Å². The Morgan fingerprint density at radius 2 is 1.46 bits per heavy atom. The second kappa shape index (κ2) is 19.5. The first-order valence-electron chi connectivity index (χ1n) is 24.7. The van der Waals surface area contributed by atoms with Gasteiger partial charge in [0.25, 0.3) is 0 Å². The minimum atomic E-state index is -1.73. The highest BCUT2D eigenvalue weighted by Crippen LogP contribution is 2.73. The average Bonchev–Trinajstić information content (AvgIpc) is 3.59. The summed E-state index contributed by atoms with van der Waals surface area (Å²) in [7, 11) is 0. The van der Waals surface area contributed by atoms with E-state index in [9.17, 15) is 50.4 Å². The number of carbonyl (C=O) groups excluding carboxylic acids is 1. The highest BCUT2D eigenvalue weighted by molar-refractivity contribution is 5.82. The van der Waals surface area contributed by atoms with Gasteiger partial charge < -0.3 is 74.6 Å². The fourth-order valence-corrected chi connectivity index (χ4v) is 14.1. The third-order valence-corrected chi connectivity index (χ3v) is 18.2. The Hall–Kier alpha value is -2.10. The minimum Gasteiger partial charge on any atom is -0.481 e. The van der Waals surface area contributed by atoms with Crippen molar-refractivity contribution in [1.82, 2.24) is 5.32 Å². The highest BCUT2D eigenvalue weighted by Gasteiger charge is 2.69. The van der Waals surface area contributed by atoms with Crippen molar-refractivity contribution in [3.05, 3.63) is 23.3 Å². The van der Waals surface area contributed by atoms with Crippen molar-refractivity contribution >= 4 is 11.9 Å². The largest absolute Gasteiger partial charge is 0.481 e. The standard InChI is InChI=1S/C50H81NO16/c1-24(11-12-25(2)46(4,5)6)27-16-20-50(45(60)61)29-13-14-33-47(7,8)34(17-18-48(33,9)28(29)15-19-49(27,50)10)65-44-41(67-42-35(51-26(3)53)38(58)37(57)32(21-52)64-42)40(31(55)23-63-44)66-43-39(59)36(56)30(54)22-62-43/h24,27,30-44,52,54-59H,2,11-23H2,1,3-10H3,(H,51,53)(H,60,61)/t24-,27-,30+,31+,32-,33+,34+,35-,36+,37-,38-,39-,40+,41-,42+,43+,44+,48-,49-,50+/m1/s1. The van der Waals surface area contributed by atoms with Crippen LogP contribution in [0.1, 0.15) is 127 Å². The fourth-order valence-electron chi connectivity index (χ4n) is 14.1. The molecule has 7 rings (SSSR count). The summed E-state index contributed by atoms with van der Waals surface area (Å²) in [6, 6.07) is -1.38. The molecular formula is C50H81NO16. The lowest BCUT2D eigenvalue weighted by molar-refractivity contribution is -0.376. The van der Waals surface area contributed by atoms with Crippen LogP contribution in [0.15, 0.2) is 23.3 Å². The molecule has 5 fully saturated rings. The predicted molar refractivity (Wildman–Crippen MR) is 241 cm³/mol. The van der Waals surface area contributed by atoms with E-state index in [0.29, 0.717) is 31.6 Å². The number of aliphatic carboxylic acids is 1. The third kappa shape index (κ3) is 9.23.